The fourth-order valence-corrected chi connectivity index (χ4v) is 2.28. The fraction of sp³-hybridized carbons (Fsp3) is 0.583. The highest BCUT2D eigenvalue weighted by atomic mass is 16.5. The van der Waals surface area contributed by atoms with E-state index >= 15 is 0 Å². The quantitative estimate of drug-likeness (QED) is 0.770. The molecule has 16 heavy (non-hydrogen) atoms. The first kappa shape index (κ1) is 11.0. The number of hydrogen-bond acceptors (Lipinski definition) is 3. The second-order valence-corrected chi connectivity index (χ2v) is 4.30. The monoisotopic (exact) mass is 222 g/mol. The number of esters is 1. The number of carbonyl (C=O) groups is 1. The average molecular weight is 222 g/mol. The van der Waals surface area contributed by atoms with Gasteiger partial charge in [0.25, 0.3) is 0 Å². The van der Waals surface area contributed by atoms with Gasteiger partial charge in [-0.1, -0.05) is 0 Å². The molecule has 0 amide bonds. The highest BCUT2D eigenvalue weighted by Gasteiger charge is 2.26. The number of nitrogens with one attached hydrogen (secondary N) is 2. The lowest BCUT2D eigenvalue weighted by atomic mass is 9.86. The summed E-state index contributed by atoms with van der Waals surface area (Å²) in [5.74, 6) is 1.10. The Morgan fingerprint density at radius 2 is 2.19 bits per heavy atom. The summed E-state index contributed by atoms with van der Waals surface area (Å²) in [6.45, 7) is 0. The van der Waals surface area contributed by atoms with Crippen molar-refractivity contribution in [2.24, 2.45) is 5.92 Å². The summed E-state index contributed by atoms with van der Waals surface area (Å²) in [5, 5.41) is 3.43. The van der Waals surface area contributed by atoms with Crippen molar-refractivity contribution >= 4 is 11.8 Å². The number of carbonyl (C=O) groups excluding carboxylic acids is 1. The summed E-state index contributed by atoms with van der Waals surface area (Å²) in [4.78, 5) is 14.5. The fourth-order valence-electron chi connectivity index (χ4n) is 2.28. The van der Waals surface area contributed by atoms with Crippen LogP contribution in [0.2, 0.25) is 0 Å². The number of ether oxygens (including phenoxy) is 1. The Morgan fingerprint density at radius 3 is 2.75 bits per heavy atom. The molecule has 0 radical (unpaired) electrons. The molecule has 0 aliphatic heterocycles. The van der Waals surface area contributed by atoms with Gasteiger partial charge in [-0.2, -0.15) is 0 Å². The molecule has 2 N–H and O–H groups in total. The molecular formula is C12H18N2O2. The predicted molar refractivity (Wildman–Crippen MR) is 62.2 cm³/mol. The lowest BCUT2D eigenvalue weighted by molar-refractivity contribution is -0.146. The molecule has 1 fully saturated rings. The Morgan fingerprint density at radius 1 is 1.44 bits per heavy atom. The molecule has 1 aliphatic carbocycles. The van der Waals surface area contributed by atoms with Gasteiger partial charge in [0.05, 0.1) is 13.0 Å². The van der Waals surface area contributed by atoms with Gasteiger partial charge in [0, 0.05) is 12.2 Å². The van der Waals surface area contributed by atoms with Crippen LogP contribution in [0.3, 0.4) is 0 Å². The van der Waals surface area contributed by atoms with E-state index in [9.17, 15) is 4.79 Å². The summed E-state index contributed by atoms with van der Waals surface area (Å²) in [7, 11) is 1.46. The van der Waals surface area contributed by atoms with Gasteiger partial charge in [-0.25, -0.2) is 0 Å². The normalized spacial score (nSPS) is 25.1. The zero-order chi connectivity index (χ0) is 11.4. The Balaban J connectivity index is 1.79. The maximum absolute atomic E-state index is 11.3. The van der Waals surface area contributed by atoms with Crippen LogP contribution in [-0.2, 0) is 9.53 Å². The van der Waals surface area contributed by atoms with Crippen molar-refractivity contribution in [1.82, 2.24) is 4.98 Å². The third-order valence-corrected chi connectivity index (χ3v) is 3.22. The van der Waals surface area contributed by atoms with Crippen LogP contribution in [0.4, 0.5) is 5.82 Å². The molecule has 1 aliphatic rings. The number of aromatic nitrogens is 1. The van der Waals surface area contributed by atoms with Gasteiger partial charge < -0.3 is 15.0 Å². The molecule has 0 aromatic carbocycles. The van der Waals surface area contributed by atoms with Crippen molar-refractivity contribution in [3.8, 4) is 0 Å². The molecule has 0 spiro atoms. The van der Waals surface area contributed by atoms with Gasteiger partial charge in [-0.05, 0) is 37.8 Å². The molecule has 0 unspecified atom stereocenters. The van der Waals surface area contributed by atoms with Gasteiger partial charge in [-0.3, -0.25) is 4.79 Å². The molecule has 1 saturated carbocycles. The molecule has 0 atom stereocenters. The molecule has 4 heteroatoms. The minimum absolute atomic E-state index is 0.0571. The van der Waals surface area contributed by atoms with E-state index < -0.39 is 0 Å². The molecule has 1 aromatic heterocycles. The zero-order valence-corrected chi connectivity index (χ0v) is 9.53. The smallest absolute Gasteiger partial charge is 0.308 e. The summed E-state index contributed by atoms with van der Waals surface area (Å²) >= 11 is 0. The predicted octanol–water partition coefficient (Wildman–Crippen LogP) is 2.16. The van der Waals surface area contributed by atoms with Crippen molar-refractivity contribution in [1.29, 1.82) is 0 Å². The Hall–Kier alpha value is -1.45. The van der Waals surface area contributed by atoms with Crippen LogP contribution < -0.4 is 5.32 Å². The minimum atomic E-state index is -0.0571. The first-order valence-corrected chi connectivity index (χ1v) is 5.77. The number of methoxy groups -OCH3 is 1. The lowest BCUT2D eigenvalue weighted by Crippen LogP contribution is -2.29. The first-order valence-electron chi connectivity index (χ1n) is 5.77. The first-order chi connectivity index (χ1) is 7.79. The largest absolute Gasteiger partial charge is 0.469 e. The summed E-state index contributed by atoms with van der Waals surface area (Å²) in [6.07, 6.45) is 5.80. The van der Waals surface area contributed by atoms with Crippen molar-refractivity contribution in [3.05, 3.63) is 18.3 Å². The van der Waals surface area contributed by atoms with E-state index in [0.717, 1.165) is 31.5 Å². The molecule has 2 rings (SSSR count). The second kappa shape index (κ2) is 5.05. The van der Waals surface area contributed by atoms with E-state index in [-0.39, 0.29) is 11.9 Å². The van der Waals surface area contributed by atoms with Crippen LogP contribution in [0.15, 0.2) is 18.3 Å². The highest BCUT2D eigenvalue weighted by Crippen LogP contribution is 2.26. The van der Waals surface area contributed by atoms with Gasteiger partial charge in [0.15, 0.2) is 0 Å². The minimum Gasteiger partial charge on any atom is -0.469 e. The molecule has 0 saturated heterocycles. The zero-order valence-electron chi connectivity index (χ0n) is 9.53. The van der Waals surface area contributed by atoms with Crippen LogP contribution in [0.1, 0.15) is 25.7 Å². The third kappa shape index (κ3) is 2.56. The third-order valence-electron chi connectivity index (χ3n) is 3.22. The average Bonchev–Trinajstić information content (AvgIpc) is 2.82. The van der Waals surface area contributed by atoms with Crippen LogP contribution in [0, 0.1) is 5.92 Å². The van der Waals surface area contributed by atoms with E-state index in [2.05, 4.69) is 10.3 Å². The van der Waals surface area contributed by atoms with Gasteiger partial charge >= 0.3 is 5.97 Å². The number of aromatic amines is 1. The lowest BCUT2D eigenvalue weighted by Gasteiger charge is -2.27. The van der Waals surface area contributed by atoms with Crippen molar-refractivity contribution in [2.75, 3.05) is 12.4 Å². The molecule has 4 nitrogen and oxygen atoms in total. The molecule has 1 aromatic rings. The van der Waals surface area contributed by atoms with Crippen LogP contribution in [0.25, 0.3) is 0 Å². The van der Waals surface area contributed by atoms with E-state index in [1.165, 1.54) is 7.11 Å². The molecular weight excluding hydrogens is 204 g/mol. The topological polar surface area (TPSA) is 54.1 Å². The van der Waals surface area contributed by atoms with Gasteiger partial charge in [0.2, 0.25) is 0 Å². The Labute approximate surface area is 95.4 Å². The molecule has 0 bridgehead atoms. The summed E-state index contributed by atoms with van der Waals surface area (Å²) in [6, 6.07) is 4.47. The summed E-state index contributed by atoms with van der Waals surface area (Å²) in [5.41, 5.74) is 0. The Kier molecular flexibility index (Phi) is 3.49. The van der Waals surface area contributed by atoms with Crippen LogP contribution in [-0.4, -0.2) is 24.1 Å². The van der Waals surface area contributed by atoms with Crippen LogP contribution in [0.5, 0.6) is 0 Å². The Bertz CT molecular complexity index is 327. The number of rotatable bonds is 3. The second-order valence-electron chi connectivity index (χ2n) is 4.30. The number of hydrogen-bond donors (Lipinski definition) is 2. The van der Waals surface area contributed by atoms with Crippen molar-refractivity contribution in [2.45, 2.75) is 31.7 Å². The standard InChI is InChI=1S/C12H18N2O2/c1-16-12(15)9-4-6-10(7-5-9)14-11-3-2-8-13-11/h2-3,8-10,13-14H,4-7H2,1H3. The van der Waals surface area contributed by atoms with Gasteiger partial charge in [0.1, 0.15) is 5.82 Å². The van der Waals surface area contributed by atoms with Gasteiger partial charge in [-0.15, -0.1) is 0 Å². The van der Waals surface area contributed by atoms with E-state index in [4.69, 9.17) is 4.74 Å². The maximum atomic E-state index is 11.3. The number of anilines is 1. The summed E-state index contributed by atoms with van der Waals surface area (Å²) < 4.78 is 4.77. The molecule has 88 valence electrons. The van der Waals surface area contributed by atoms with Crippen molar-refractivity contribution < 1.29 is 9.53 Å². The van der Waals surface area contributed by atoms with E-state index in [1.54, 1.807) is 0 Å². The molecule has 1 heterocycles. The van der Waals surface area contributed by atoms with Crippen molar-refractivity contribution in [3.63, 3.8) is 0 Å². The van der Waals surface area contributed by atoms with E-state index in [0.29, 0.717) is 6.04 Å². The maximum Gasteiger partial charge on any atom is 0.308 e. The number of H-pyrrole nitrogens is 1. The SMILES string of the molecule is COC(=O)C1CCC(Nc2ccc[nH]2)CC1. The van der Waals surface area contributed by atoms with Crippen LogP contribution >= 0.6 is 0 Å². The van der Waals surface area contributed by atoms with E-state index in [1.807, 2.05) is 18.3 Å². The highest BCUT2D eigenvalue weighted by molar-refractivity contribution is 5.72.